The van der Waals surface area contributed by atoms with Crippen LogP contribution in [0.1, 0.15) is 0 Å². The molecule has 0 aromatic rings. The van der Waals surface area contributed by atoms with Crippen LogP contribution in [0.4, 0.5) is 0 Å². The van der Waals surface area contributed by atoms with Crippen LogP contribution < -0.4 is 148 Å². The maximum absolute atomic E-state index is 8.25. The van der Waals surface area contributed by atoms with Crippen LogP contribution >= 0.6 is 0 Å². The van der Waals surface area contributed by atoms with E-state index in [2.05, 4.69) is 0 Å². The van der Waals surface area contributed by atoms with E-state index in [0.717, 1.165) is 0 Å². The Hall–Kier alpha value is 4.09. The van der Waals surface area contributed by atoms with Crippen molar-refractivity contribution in [1.82, 2.24) is 0 Å². The minimum absolute atomic E-state index is 0. The monoisotopic (exact) mass is 309 g/mol. The van der Waals surface area contributed by atoms with Gasteiger partial charge in [-0.15, -0.1) is 0 Å². The predicted octanol–water partition coefficient (Wildman–Crippen LogP) is -8.75. The van der Waals surface area contributed by atoms with Crippen LogP contribution in [0, 0.1) is 0 Å². The fourth-order valence-corrected chi connectivity index (χ4v) is 0. The van der Waals surface area contributed by atoms with Gasteiger partial charge in [-0.05, 0) is 0 Å². The van der Waals surface area contributed by atoms with Crippen molar-refractivity contribution in [3.8, 4) is 0 Å². The van der Waals surface area contributed by atoms with Gasteiger partial charge in [0.25, 0.3) is 0 Å². The topological polar surface area (TPSA) is 46.1 Å². The van der Waals surface area contributed by atoms with E-state index < -0.39 is 7.69 Å². The number of hydrogen-bond acceptors (Lipinski definition) is 2. The third-order valence-electron chi connectivity index (χ3n) is 0. The molecule has 5 heteroatoms. The van der Waals surface area contributed by atoms with Gasteiger partial charge in [0.15, 0.2) is 0 Å². The summed E-state index contributed by atoms with van der Waals surface area (Å²) >= 11 is 0. The van der Waals surface area contributed by atoms with E-state index in [4.69, 9.17) is 10.0 Å². The molecule has 0 saturated heterocycles. The normalized spacial score (nSPS) is 2.80. The van der Waals surface area contributed by atoms with Crippen LogP contribution in [0.2, 0.25) is 0 Å². The van der Waals surface area contributed by atoms with Gasteiger partial charge in [0.1, 0.15) is 0 Å². The van der Waals surface area contributed by atoms with Crippen molar-refractivity contribution in [1.29, 1.82) is 0 Å². The second-order valence-electron chi connectivity index (χ2n) is 0.0962. The summed E-state index contributed by atoms with van der Waals surface area (Å²) in [6.07, 6.45) is 0. The first-order chi connectivity index (χ1) is 1.41. The second kappa shape index (κ2) is 15.7. The van der Waals surface area contributed by atoms with E-state index in [1.165, 1.54) is 0 Å². The van der Waals surface area contributed by atoms with Gasteiger partial charge in [-0.3, -0.25) is 0 Å². The molecule has 1 radical (unpaired) electrons. The molecule has 0 atom stereocenters. The van der Waals surface area contributed by atoms with Crippen molar-refractivity contribution in [2.75, 3.05) is 0 Å². The third-order valence-corrected chi connectivity index (χ3v) is 0. The van der Waals surface area contributed by atoms with E-state index in [1.807, 2.05) is 0 Å². The Bertz CT molecular complexity index is 7.61. The minimum Gasteiger partial charge on any atom is -0.900 e. The van der Waals surface area contributed by atoms with Crippen LogP contribution in [-0.4, -0.2) is 7.69 Å². The maximum Gasteiger partial charge on any atom is 1.00 e. The van der Waals surface area contributed by atoms with Gasteiger partial charge in [-0.2, -0.15) is 0 Å². The van der Waals surface area contributed by atoms with E-state index >= 15 is 0 Å². The largest absolute Gasteiger partial charge is 1.00 e. The smallest absolute Gasteiger partial charge is 0.900 e. The van der Waals surface area contributed by atoms with Gasteiger partial charge in [0, 0.05) is 0 Å². The van der Waals surface area contributed by atoms with Crippen LogP contribution in [0.5, 0.6) is 0 Å². The Labute approximate surface area is 150 Å². The van der Waals surface area contributed by atoms with E-state index in [-0.39, 0.29) is 138 Å². The second-order valence-corrected chi connectivity index (χ2v) is 0.0962. The van der Waals surface area contributed by atoms with E-state index in [9.17, 15) is 0 Å². The van der Waals surface area contributed by atoms with Crippen LogP contribution in [-0.2, 0) is 0 Å². The molecule has 0 amide bonds. The molecular formula is BCs2O2. The standard InChI is InChI=1S/BO2.2Cs/c2-1-3;;/q-2;2*+1. The van der Waals surface area contributed by atoms with Crippen molar-refractivity contribution in [3.63, 3.8) is 0 Å². The number of rotatable bonds is 0. The summed E-state index contributed by atoms with van der Waals surface area (Å²) in [4.78, 5) is 0. The quantitative estimate of drug-likeness (QED) is 0.417. The molecule has 0 rings (SSSR count). The van der Waals surface area contributed by atoms with Crippen molar-refractivity contribution >= 4 is 7.69 Å². The summed E-state index contributed by atoms with van der Waals surface area (Å²) < 4.78 is 0. The molecule has 0 aliphatic heterocycles. The third kappa shape index (κ3) is 17.9. The molecule has 0 aromatic carbocycles. The molecule has 0 spiro atoms. The van der Waals surface area contributed by atoms with Crippen LogP contribution in [0.25, 0.3) is 0 Å². The van der Waals surface area contributed by atoms with Gasteiger partial charge in [0.05, 0.1) is 0 Å². The Morgan fingerprint density at radius 2 is 1.00 bits per heavy atom. The summed E-state index contributed by atoms with van der Waals surface area (Å²) in [6, 6.07) is 0. The minimum atomic E-state index is -0.500. The van der Waals surface area contributed by atoms with Crippen molar-refractivity contribution in [3.05, 3.63) is 0 Å². The fraction of sp³-hybridized carbons (Fsp3) is 0. The first kappa shape index (κ1) is 16.0. The summed E-state index contributed by atoms with van der Waals surface area (Å²) in [6.45, 7) is 0. The van der Waals surface area contributed by atoms with Gasteiger partial charge in [-0.25, -0.2) is 7.69 Å². The fourth-order valence-electron chi connectivity index (χ4n) is 0. The van der Waals surface area contributed by atoms with Crippen molar-refractivity contribution in [2.45, 2.75) is 0 Å². The van der Waals surface area contributed by atoms with Gasteiger partial charge >= 0.3 is 138 Å². The Morgan fingerprint density at radius 1 is 1.00 bits per heavy atom. The molecule has 0 heterocycles. The molecule has 0 aromatic heterocycles. The number of hydrogen-bond donors (Lipinski definition) is 0. The van der Waals surface area contributed by atoms with Gasteiger partial charge < -0.3 is 10.0 Å². The summed E-state index contributed by atoms with van der Waals surface area (Å²) in [7, 11) is -0.500. The molecule has 0 fully saturated rings. The van der Waals surface area contributed by atoms with Crippen LogP contribution in [0.3, 0.4) is 0 Å². The maximum atomic E-state index is 8.25. The predicted molar refractivity (Wildman–Crippen MR) is 5.75 cm³/mol. The summed E-state index contributed by atoms with van der Waals surface area (Å²) in [5.74, 6) is 0. The first-order valence-corrected chi connectivity index (χ1v) is 0.471. The molecular weight excluding hydrogens is 309 g/mol. The SMILES string of the molecule is [Cs+].[Cs+].[O-][B][O-]. The zero-order chi connectivity index (χ0) is 2.71. The summed E-state index contributed by atoms with van der Waals surface area (Å²) in [5, 5.41) is 16.5. The zero-order valence-electron chi connectivity index (χ0n) is 3.39. The van der Waals surface area contributed by atoms with Crippen molar-refractivity contribution in [2.24, 2.45) is 0 Å². The molecule has 0 bridgehead atoms. The van der Waals surface area contributed by atoms with Gasteiger partial charge in [-0.1, -0.05) is 0 Å². The molecule has 5 heavy (non-hydrogen) atoms. The Kier molecular flexibility index (Phi) is 50.4. The summed E-state index contributed by atoms with van der Waals surface area (Å²) in [5.41, 5.74) is 0. The average molecular weight is 309 g/mol. The molecule has 0 saturated carbocycles. The molecule has 0 aliphatic carbocycles. The molecule has 0 N–H and O–H groups in total. The zero-order valence-corrected chi connectivity index (χ0v) is 16.0. The average Bonchev–Trinajstić information content (AvgIpc) is 0.918. The van der Waals surface area contributed by atoms with Gasteiger partial charge in [0.2, 0.25) is 0 Å². The first-order valence-electron chi connectivity index (χ1n) is 0.471. The molecule has 2 nitrogen and oxygen atoms in total. The molecule has 17 valence electrons. The van der Waals surface area contributed by atoms with Crippen LogP contribution in [0.15, 0.2) is 0 Å². The van der Waals surface area contributed by atoms with Crippen molar-refractivity contribution < 1.29 is 148 Å². The molecule has 0 aliphatic rings. The Balaban J connectivity index is -0.0000000200. The molecule has 0 unspecified atom stereocenters. The van der Waals surface area contributed by atoms with E-state index in [0.29, 0.717) is 0 Å². The van der Waals surface area contributed by atoms with E-state index in [1.54, 1.807) is 0 Å². The Morgan fingerprint density at radius 3 is 1.00 bits per heavy atom.